The van der Waals surface area contributed by atoms with E-state index in [9.17, 15) is 18.0 Å². The van der Waals surface area contributed by atoms with Crippen LogP contribution in [0.25, 0.3) is 0 Å². The van der Waals surface area contributed by atoms with E-state index in [0.717, 1.165) is 11.1 Å². The van der Waals surface area contributed by atoms with Crippen LogP contribution in [0.3, 0.4) is 0 Å². The number of esters is 1. The number of hydrogen-bond donors (Lipinski definition) is 2. The second-order valence-corrected chi connectivity index (χ2v) is 9.23. The zero-order valence-corrected chi connectivity index (χ0v) is 19.3. The lowest BCUT2D eigenvalue weighted by molar-refractivity contribution is -0.116. The molecule has 0 aliphatic rings. The number of ether oxygens (including phenoxy) is 1. The van der Waals surface area contributed by atoms with Gasteiger partial charge in [-0.1, -0.05) is 42.5 Å². The molecule has 172 valence electrons. The lowest BCUT2D eigenvalue weighted by atomic mass is 10.1. The third-order valence-electron chi connectivity index (χ3n) is 5.10. The highest BCUT2D eigenvalue weighted by atomic mass is 32.2. The standard InChI is InChI=1S/C25H26N2O5S/c1-18(20-6-4-3-5-7-20)27-33(30,31)23-15-8-19(9-16-23)10-17-24(28)26-22-13-11-21(12-14-22)25(29)32-2/h3-9,11-16,18,27H,10,17H2,1-2H3,(H,26,28)/t18-/m0/s1. The quantitative estimate of drug-likeness (QED) is 0.463. The lowest BCUT2D eigenvalue weighted by Gasteiger charge is -2.15. The Kier molecular flexibility index (Phi) is 7.97. The topological polar surface area (TPSA) is 102 Å². The van der Waals surface area contributed by atoms with Crippen LogP contribution in [0.2, 0.25) is 0 Å². The van der Waals surface area contributed by atoms with Gasteiger partial charge in [0, 0.05) is 18.2 Å². The third kappa shape index (κ3) is 6.74. The van der Waals surface area contributed by atoms with Gasteiger partial charge in [-0.3, -0.25) is 4.79 Å². The van der Waals surface area contributed by atoms with E-state index >= 15 is 0 Å². The molecule has 3 rings (SSSR count). The van der Waals surface area contributed by atoms with Gasteiger partial charge in [-0.25, -0.2) is 17.9 Å². The average molecular weight is 467 g/mol. The van der Waals surface area contributed by atoms with Crippen LogP contribution in [0, 0.1) is 0 Å². The fraction of sp³-hybridized carbons (Fsp3) is 0.200. The molecule has 0 saturated heterocycles. The van der Waals surface area contributed by atoms with Crippen molar-refractivity contribution in [1.82, 2.24) is 4.72 Å². The van der Waals surface area contributed by atoms with E-state index in [0.29, 0.717) is 17.7 Å². The monoisotopic (exact) mass is 466 g/mol. The maximum atomic E-state index is 12.7. The lowest BCUT2D eigenvalue weighted by Crippen LogP contribution is -2.26. The Bertz CT molecular complexity index is 1190. The predicted molar refractivity (Wildman–Crippen MR) is 126 cm³/mol. The van der Waals surface area contributed by atoms with Gasteiger partial charge in [0.25, 0.3) is 0 Å². The Balaban J connectivity index is 1.53. The number of sulfonamides is 1. The molecule has 0 spiro atoms. The SMILES string of the molecule is COC(=O)c1ccc(NC(=O)CCc2ccc(S(=O)(=O)N[C@@H](C)c3ccccc3)cc2)cc1. The summed E-state index contributed by atoms with van der Waals surface area (Å²) < 4.78 is 32.7. The van der Waals surface area contributed by atoms with E-state index in [4.69, 9.17) is 0 Å². The fourth-order valence-corrected chi connectivity index (χ4v) is 4.47. The molecule has 0 fully saturated rings. The summed E-state index contributed by atoms with van der Waals surface area (Å²) in [5.41, 5.74) is 2.70. The maximum Gasteiger partial charge on any atom is 0.337 e. The second-order valence-electron chi connectivity index (χ2n) is 7.51. The number of benzene rings is 3. The molecule has 0 heterocycles. The molecule has 7 nitrogen and oxygen atoms in total. The first-order chi connectivity index (χ1) is 15.8. The van der Waals surface area contributed by atoms with Crippen molar-refractivity contribution in [1.29, 1.82) is 0 Å². The van der Waals surface area contributed by atoms with Crippen LogP contribution >= 0.6 is 0 Å². The first kappa shape index (κ1) is 24.2. The van der Waals surface area contributed by atoms with Crippen molar-refractivity contribution in [2.75, 3.05) is 12.4 Å². The van der Waals surface area contributed by atoms with Crippen molar-refractivity contribution in [2.45, 2.75) is 30.7 Å². The molecule has 1 amide bonds. The summed E-state index contributed by atoms with van der Waals surface area (Å²) >= 11 is 0. The molecular formula is C25H26N2O5S. The molecule has 0 aliphatic heterocycles. The molecule has 33 heavy (non-hydrogen) atoms. The summed E-state index contributed by atoms with van der Waals surface area (Å²) in [5, 5.41) is 2.77. The Morgan fingerprint density at radius 2 is 1.55 bits per heavy atom. The van der Waals surface area contributed by atoms with Crippen molar-refractivity contribution in [3.8, 4) is 0 Å². The maximum absolute atomic E-state index is 12.7. The molecule has 2 N–H and O–H groups in total. The Hall–Kier alpha value is -3.49. The van der Waals surface area contributed by atoms with Crippen LogP contribution in [0.5, 0.6) is 0 Å². The first-order valence-corrected chi connectivity index (χ1v) is 11.9. The molecule has 0 unspecified atom stereocenters. The molecule has 0 radical (unpaired) electrons. The van der Waals surface area contributed by atoms with Gasteiger partial charge in [-0.05, 0) is 60.9 Å². The summed E-state index contributed by atoms with van der Waals surface area (Å²) in [4.78, 5) is 23.9. The number of carbonyl (C=O) groups excluding carboxylic acids is 2. The molecule has 1 atom stereocenters. The first-order valence-electron chi connectivity index (χ1n) is 10.4. The molecule has 0 aliphatic carbocycles. The molecule has 3 aromatic carbocycles. The predicted octanol–water partition coefficient (Wildman–Crippen LogP) is 4.08. The van der Waals surface area contributed by atoms with Gasteiger partial charge in [-0.15, -0.1) is 0 Å². The smallest absolute Gasteiger partial charge is 0.337 e. The summed E-state index contributed by atoms with van der Waals surface area (Å²) in [6.45, 7) is 1.79. The third-order valence-corrected chi connectivity index (χ3v) is 6.65. The molecule has 0 saturated carbocycles. The fourth-order valence-electron chi connectivity index (χ4n) is 3.23. The molecule has 3 aromatic rings. The Morgan fingerprint density at radius 3 is 2.15 bits per heavy atom. The van der Waals surface area contributed by atoms with E-state index in [1.54, 1.807) is 55.5 Å². The van der Waals surface area contributed by atoms with E-state index in [-0.39, 0.29) is 23.3 Å². The largest absolute Gasteiger partial charge is 0.465 e. The van der Waals surface area contributed by atoms with Crippen molar-refractivity contribution in [2.24, 2.45) is 0 Å². The van der Waals surface area contributed by atoms with E-state index in [1.807, 2.05) is 30.3 Å². The highest BCUT2D eigenvalue weighted by Gasteiger charge is 2.18. The van der Waals surface area contributed by atoms with Crippen LogP contribution in [0.15, 0.2) is 83.8 Å². The zero-order valence-electron chi connectivity index (χ0n) is 18.4. The van der Waals surface area contributed by atoms with Crippen molar-refractivity contribution in [3.05, 3.63) is 95.6 Å². The second kappa shape index (κ2) is 10.9. The van der Waals surface area contributed by atoms with Crippen LogP contribution in [-0.2, 0) is 26.0 Å². The van der Waals surface area contributed by atoms with Crippen molar-refractivity contribution < 1.29 is 22.7 Å². The number of anilines is 1. The number of aryl methyl sites for hydroxylation is 1. The zero-order chi connectivity index (χ0) is 23.8. The highest BCUT2D eigenvalue weighted by Crippen LogP contribution is 2.18. The summed E-state index contributed by atoms with van der Waals surface area (Å²) in [6, 6.07) is 21.9. The Labute approximate surface area is 193 Å². The normalized spacial score (nSPS) is 12.1. The molecule has 0 aromatic heterocycles. The van der Waals surface area contributed by atoms with E-state index < -0.39 is 16.0 Å². The van der Waals surface area contributed by atoms with Gasteiger partial charge in [0.15, 0.2) is 0 Å². The number of nitrogens with one attached hydrogen (secondary N) is 2. The van der Waals surface area contributed by atoms with E-state index in [2.05, 4.69) is 14.8 Å². The number of methoxy groups -OCH3 is 1. The van der Waals surface area contributed by atoms with Gasteiger partial charge in [0.1, 0.15) is 0 Å². The minimum atomic E-state index is -3.67. The summed E-state index contributed by atoms with van der Waals surface area (Å²) in [5.74, 6) is -0.626. The number of amides is 1. The van der Waals surface area contributed by atoms with Crippen LogP contribution in [-0.4, -0.2) is 27.4 Å². The summed E-state index contributed by atoms with van der Waals surface area (Å²) in [7, 11) is -2.36. The van der Waals surface area contributed by atoms with E-state index in [1.165, 1.54) is 7.11 Å². The Morgan fingerprint density at radius 1 is 0.909 bits per heavy atom. The number of carbonyl (C=O) groups is 2. The van der Waals surface area contributed by atoms with Gasteiger partial charge in [-0.2, -0.15) is 0 Å². The van der Waals surface area contributed by atoms with Crippen molar-refractivity contribution in [3.63, 3.8) is 0 Å². The minimum absolute atomic E-state index is 0.171. The minimum Gasteiger partial charge on any atom is -0.465 e. The summed E-state index contributed by atoms with van der Waals surface area (Å²) in [6.07, 6.45) is 0.689. The van der Waals surface area contributed by atoms with Gasteiger partial charge in [0.2, 0.25) is 15.9 Å². The van der Waals surface area contributed by atoms with Gasteiger partial charge < -0.3 is 10.1 Å². The molecular weight excluding hydrogens is 440 g/mol. The van der Waals surface area contributed by atoms with Crippen LogP contribution in [0.1, 0.15) is 40.9 Å². The molecule has 8 heteroatoms. The average Bonchev–Trinajstić information content (AvgIpc) is 2.83. The van der Waals surface area contributed by atoms with Crippen molar-refractivity contribution >= 4 is 27.6 Å². The number of hydrogen-bond acceptors (Lipinski definition) is 5. The molecule has 0 bridgehead atoms. The van der Waals surface area contributed by atoms with Crippen LogP contribution < -0.4 is 10.0 Å². The van der Waals surface area contributed by atoms with Gasteiger partial charge in [0.05, 0.1) is 17.6 Å². The number of rotatable bonds is 9. The van der Waals surface area contributed by atoms with Gasteiger partial charge >= 0.3 is 5.97 Å². The highest BCUT2D eigenvalue weighted by molar-refractivity contribution is 7.89. The van der Waals surface area contributed by atoms with Crippen LogP contribution in [0.4, 0.5) is 5.69 Å².